The predicted octanol–water partition coefficient (Wildman–Crippen LogP) is 0.504. The van der Waals surface area contributed by atoms with E-state index >= 15 is 0 Å². The normalized spacial score (nSPS) is 10.2. The molecular weight excluding hydrogens is 174 g/mol. The van der Waals surface area contributed by atoms with Crippen LogP contribution in [0.1, 0.15) is 0 Å². The van der Waals surface area contributed by atoms with Crippen LogP contribution in [0.2, 0.25) is 0 Å². The van der Waals surface area contributed by atoms with Gasteiger partial charge in [-0.1, -0.05) is 0 Å². The summed E-state index contributed by atoms with van der Waals surface area (Å²) in [6.45, 7) is 0. The minimum Gasteiger partial charge on any atom is -0.358 e. The number of hydrogen-bond donors (Lipinski definition) is 1. The molecular formula is C6H5N5O2. The summed E-state index contributed by atoms with van der Waals surface area (Å²) in [5.74, 6) is -0.0820. The fourth-order valence-corrected chi connectivity index (χ4v) is 0.998. The number of aromatic amines is 1. The lowest BCUT2D eigenvalue weighted by Crippen LogP contribution is -1.97. The molecule has 2 heterocycles. The van der Waals surface area contributed by atoms with Crippen LogP contribution in [0.5, 0.6) is 0 Å². The third-order valence-corrected chi connectivity index (χ3v) is 1.57. The van der Waals surface area contributed by atoms with Gasteiger partial charge in [0.2, 0.25) is 0 Å². The molecule has 0 aromatic carbocycles. The Kier molecular flexibility index (Phi) is 1.55. The summed E-state index contributed by atoms with van der Waals surface area (Å²) in [6.07, 6.45) is 5.58. The molecule has 0 saturated heterocycles. The Labute approximate surface area is 72.2 Å². The van der Waals surface area contributed by atoms with Gasteiger partial charge >= 0.3 is 5.82 Å². The van der Waals surface area contributed by atoms with Crippen molar-refractivity contribution in [2.24, 2.45) is 0 Å². The van der Waals surface area contributed by atoms with E-state index in [0.717, 1.165) is 0 Å². The fraction of sp³-hybridized carbons (Fsp3) is 0. The molecule has 7 nitrogen and oxygen atoms in total. The summed E-state index contributed by atoms with van der Waals surface area (Å²) in [4.78, 5) is 13.7. The van der Waals surface area contributed by atoms with Crippen LogP contribution in [0.4, 0.5) is 5.82 Å². The molecule has 0 bridgehead atoms. The van der Waals surface area contributed by atoms with Crippen LogP contribution in [-0.2, 0) is 0 Å². The molecule has 0 spiro atoms. The van der Waals surface area contributed by atoms with Crippen molar-refractivity contribution in [3.63, 3.8) is 0 Å². The summed E-state index contributed by atoms with van der Waals surface area (Å²) in [6, 6.07) is 0. The van der Waals surface area contributed by atoms with Gasteiger partial charge in [-0.05, 0) is 4.92 Å². The Morgan fingerprint density at radius 3 is 3.00 bits per heavy atom. The van der Waals surface area contributed by atoms with Gasteiger partial charge in [-0.25, -0.2) is 4.98 Å². The molecule has 7 heteroatoms. The van der Waals surface area contributed by atoms with Crippen molar-refractivity contribution in [2.75, 3.05) is 0 Å². The number of rotatable bonds is 2. The molecule has 0 saturated carbocycles. The Morgan fingerprint density at radius 2 is 2.38 bits per heavy atom. The summed E-state index contributed by atoms with van der Waals surface area (Å²) < 4.78 is 1.34. The van der Waals surface area contributed by atoms with E-state index in [0.29, 0.717) is 5.69 Å². The van der Waals surface area contributed by atoms with Gasteiger partial charge in [-0.3, -0.25) is 5.10 Å². The fourth-order valence-electron chi connectivity index (χ4n) is 0.998. The maximum Gasteiger partial charge on any atom is 0.347 e. The van der Waals surface area contributed by atoms with Gasteiger partial charge in [0.25, 0.3) is 0 Å². The molecule has 2 aromatic rings. The molecule has 0 radical (unpaired) electrons. The maximum atomic E-state index is 10.5. The highest BCUT2D eigenvalue weighted by molar-refractivity contribution is 5.33. The van der Waals surface area contributed by atoms with E-state index in [1.165, 1.54) is 23.3 Å². The second-order valence-corrected chi connectivity index (χ2v) is 2.34. The summed E-state index contributed by atoms with van der Waals surface area (Å²) in [7, 11) is 0. The van der Waals surface area contributed by atoms with E-state index in [4.69, 9.17) is 0 Å². The number of nitro groups is 1. The van der Waals surface area contributed by atoms with Crippen molar-refractivity contribution >= 4 is 5.82 Å². The second kappa shape index (κ2) is 2.70. The van der Waals surface area contributed by atoms with Crippen molar-refractivity contribution < 1.29 is 4.92 Å². The first-order chi connectivity index (χ1) is 6.29. The number of nitrogens with zero attached hydrogens (tertiary/aromatic N) is 4. The zero-order valence-corrected chi connectivity index (χ0v) is 6.41. The number of H-pyrrole nitrogens is 1. The Hall–Kier alpha value is -2.18. The Bertz CT molecular complexity index is 418. The Morgan fingerprint density at radius 1 is 1.54 bits per heavy atom. The molecule has 0 fully saturated rings. The molecule has 2 aromatic heterocycles. The lowest BCUT2D eigenvalue weighted by Gasteiger charge is -1.94. The standard InChI is InChI=1S/C6H5N5O2/c12-11(13)6-3-7-4-10(6)5-1-8-9-2-5/h1-4H,(H,8,9). The first-order valence-corrected chi connectivity index (χ1v) is 3.45. The zero-order chi connectivity index (χ0) is 9.26. The van der Waals surface area contributed by atoms with Gasteiger partial charge in [-0.15, -0.1) is 0 Å². The first kappa shape index (κ1) is 7.47. The molecule has 66 valence electrons. The van der Waals surface area contributed by atoms with Gasteiger partial charge < -0.3 is 10.1 Å². The van der Waals surface area contributed by atoms with Gasteiger partial charge in [0.15, 0.2) is 12.0 Å². The quantitative estimate of drug-likeness (QED) is 0.537. The number of nitrogens with one attached hydrogen (secondary N) is 1. The second-order valence-electron chi connectivity index (χ2n) is 2.34. The molecule has 13 heavy (non-hydrogen) atoms. The maximum absolute atomic E-state index is 10.5. The van der Waals surface area contributed by atoms with Gasteiger partial charge in [0.05, 0.1) is 12.4 Å². The molecule has 1 N–H and O–H groups in total. The van der Waals surface area contributed by atoms with E-state index in [2.05, 4.69) is 15.2 Å². The first-order valence-electron chi connectivity index (χ1n) is 3.45. The molecule has 0 unspecified atom stereocenters. The highest BCUT2D eigenvalue weighted by Crippen LogP contribution is 2.15. The minimum absolute atomic E-state index is 0.0820. The molecule has 0 amide bonds. The van der Waals surface area contributed by atoms with Gasteiger partial charge in [0.1, 0.15) is 6.20 Å². The van der Waals surface area contributed by atoms with Crippen LogP contribution in [0.25, 0.3) is 5.69 Å². The summed E-state index contributed by atoms with van der Waals surface area (Å²) in [5.41, 5.74) is 0.587. The minimum atomic E-state index is -0.500. The molecule has 0 atom stereocenters. The molecule has 0 aliphatic heterocycles. The third kappa shape index (κ3) is 1.15. The number of aromatic nitrogens is 4. The highest BCUT2D eigenvalue weighted by atomic mass is 16.6. The average Bonchev–Trinajstić information content (AvgIpc) is 2.74. The zero-order valence-electron chi connectivity index (χ0n) is 6.41. The van der Waals surface area contributed by atoms with Crippen LogP contribution in [0, 0.1) is 10.1 Å². The van der Waals surface area contributed by atoms with Crippen molar-refractivity contribution in [3.05, 3.63) is 35.0 Å². The number of imidazole rings is 1. The van der Waals surface area contributed by atoms with Gasteiger partial charge in [0, 0.05) is 0 Å². The SMILES string of the molecule is O=[N+]([O-])c1cncn1-c1cn[nH]c1. The van der Waals surface area contributed by atoms with E-state index < -0.39 is 4.92 Å². The smallest absolute Gasteiger partial charge is 0.347 e. The molecule has 0 aliphatic carbocycles. The predicted molar refractivity (Wildman–Crippen MR) is 42.4 cm³/mol. The van der Waals surface area contributed by atoms with E-state index in [1.807, 2.05) is 0 Å². The van der Waals surface area contributed by atoms with Crippen molar-refractivity contribution in [3.8, 4) is 5.69 Å². The van der Waals surface area contributed by atoms with E-state index in [-0.39, 0.29) is 5.82 Å². The molecule has 2 rings (SSSR count). The van der Waals surface area contributed by atoms with Gasteiger partial charge in [-0.2, -0.15) is 9.67 Å². The monoisotopic (exact) mass is 179 g/mol. The lowest BCUT2D eigenvalue weighted by atomic mass is 10.5. The topological polar surface area (TPSA) is 89.6 Å². The summed E-state index contributed by atoms with van der Waals surface area (Å²) in [5, 5.41) is 16.7. The van der Waals surface area contributed by atoms with Crippen LogP contribution >= 0.6 is 0 Å². The van der Waals surface area contributed by atoms with E-state index in [9.17, 15) is 10.1 Å². The van der Waals surface area contributed by atoms with E-state index in [1.54, 1.807) is 6.20 Å². The van der Waals surface area contributed by atoms with Crippen molar-refractivity contribution in [1.29, 1.82) is 0 Å². The van der Waals surface area contributed by atoms with Crippen LogP contribution in [0.3, 0.4) is 0 Å². The number of hydrogen-bond acceptors (Lipinski definition) is 4. The molecule has 0 aliphatic rings. The highest BCUT2D eigenvalue weighted by Gasteiger charge is 2.15. The van der Waals surface area contributed by atoms with Crippen LogP contribution in [0.15, 0.2) is 24.9 Å². The van der Waals surface area contributed by atoms with Crippen molar-refractivity contribution in [2.45, 2.75) is 0 Å². The lowest BCUT2D eigenvalue weighted by molar-refractivity contribution is -0.391. The van der Waals surface area contributed by atoms with Crippen molar-refractivity contribution in [1.82, 2.24) is 19.7 Å². The average molecular weight is 179 g/mol. The van der Waals surface area contributed by atoms with Crippen LogP contribution in [-0.4, -0.2) is 24.7 Å². The Balaban J connectivity index is 2.52. The van der Waals surface area contributed by atoms with Crippen LogP contribution < -0.4 is 0 Å². The third-order valence-electron chi connectivity index (χ3n) is 1.57. The largest absolute Gasteiger partial charge is 0.358 e. The summed E-state index contributed by atoms with van der Waals surface area (Å²) >= 11 is 0.